The number of amides is 2. The largest absolute Gasteiger partial charge is 0.444 e. The number of ether oxygens (including phenoxy) is 2. The van der Waals surface area contributed by atoms with Crippen molar-refractivity contribution in [3.05, 3.63) is 108 Å². The van der Waals surface area contributed by atoms with Gasteiger partial charge in [-0.3, -0.25) is 4.79 Å². The van der Waals surface area contributed by atoms with Crippen molar-refractivity contribution in [2.24, 2.45) is 5.73 Å². The second-order valence-electron chi connectivity index (χ2n) is 9.07. The molecule has 182 valence electrons. The molecule has 0 aliphatic rings. The molecule has 1 atom stereocenters. The van der Waals surface area contributed by atoms with E-state index in [1.165, 1.54) is 0 Å². The summed E-state index contributed by atoms with van der Waals surface area (Å²) in [6.07, 6.45) is -1.31. The van der Waals surface area contributed by atoms with Gasteiger partial charge in [-0.1, -0.05) is 91.0 Å². The molecule has 2 amide bonds. The van der Waals surface area contributed by atoms with Gasteiger partial charge in [-0.15, -0.1) is 0 Å². The summed E-state index contributed by atoms with van der Waals surface area (Å²) in [4.78, 5) is 37.8. The molecule has 0 aromatic heterocycles. The minimum Gasteiger partial charge on any atom is -0.444 e. The molecule has 7 heteroatoms. The van der Waals surface area contributed by atoms with Gasteiger partial charge in [-0.2, -0.15) is 0 Å². The van der Waals surface area contributed by atoms with Gasteiger partial charge in [0.05, 0.1) is 6.42 Å². The molecule has 0 fully saturated rings. The highest BCUT2D eigenvalue weighted by atomic mass is 16.6. The Morgan fingerprint density at radius 2 is 1.14 bits per heavy atom. The smallest absolute Gasteiger partial charge is 0.408 e. The highest BCUT2D eigenvalue weighted by Crippen LogP contribution is 2.40. The molecule has 0 saturated heterocycles. The molecule has 0 heterocycles. The van der Waals surface area contributed by atoms with E-state index in [1.807, 2.05) is 91.0 Å². The Balaban J connectivity index is 2.10. The van der Waals surface area contributed by atoms with Crippen molar-refractivity contribution in [3.63, 3.8) is 0 Å². The van der Waals surface area contributed by atoms with E-state index in [2.05, 4.69) is 5.32 Å². The lowest BCUT2D eigenvalue weighted by Crippen LogP contribution is -2.49. The van der Waals surface area contributed by atoms with Crippen LogP contribution in [0.25, 0.3) is 0 Å². The monoisotopic (exact) mass is 474 g/mol. The summed E-state index contributed by atoms with van der Waals surface area (Å²) in [7, 11) is 0. The lowest BCUT2D eigenvalue weighted by Gasteiger charge is -2.36. The molecule has 35 heavy (non-hydrogen) atoms. The first kappa shape index (κ1) is 25.5. The Morgan fingerprint density at radius 1 is 0.743 bits per heavy atom. The van der Waals surface area contributed by atoms with Gasteiger partial charge in [0.1, 0.15) is 11.6 Å². The first-order chi connectivity index (χ1) is 16.6. The predicted molar refractivity (Wildman–Crippen MR) is 132 cm³/mol. The van der Waals surface area contributed by atoms with Gasteiger partial charge in [0, 0.05) is 16.7 Å². The molecule has 0 saturated carbocycles. The van der Waals surface area contributed by atoms with Crippen molar-refractivity contribution in [2.75, 3.05) is 0 Å². The number of alkyl carbamates (subject to hydrolysis) is 1. The van der Waals surface area contributed by atoms with Crippen molar-refractivity contribution in [3.8, 4) is 0 Å². The van der Waals surface area contributed by atoms with E-state index in [0.29, 0.717) is 16.7 Å². The van der Waals surface area contributed by atoms with E-state index in [1.54, 1.807) is 20.8 Å². The first-order valence-electron chi connectivity index (χ1n) is 11.3. The minimum atomic E-state index is -1.35. The van der Waals surface area contributed by atoms with Gasteiger partial charge >= 0.3 is 12.1 Å². The normalized spacial score (nSPS) is 12.3. The SMILES string of the molecule is CC(C)(C)OC(=O)N[C@@H](CC(N)=O)C(=O)OC(c1ccccc1)(c1ccccc1)c1ccccc1. The molecular formula is C28H30N2O5. The second kappa shape index (κ2) is 10.9. The molecule has 0 bridgehead atoms. The molecule has 3 aromatic rings. The summed E-state index contributed by atoms with van der Waals surface area (Å²) < 4.78 is 11.5. The molecular weight excluding hydrogens is 444 g/mol. The third-order valence-corrected chi connectivity index (χ3v) is 5.18. The van der Waals surface area contributed by atoms with Crippen LogP contribution in [-0.2, 0) is 24.7 Å². The Kier molecular flexibility index (Phi) is 7.91. The van der Waals surface area contributed by atoms with E-state index < -0.39 is 41.6 Å². The fraction of sp³-hybridized carbons (Fsp3) is 0.250. The van der Waals surface area contributed by atoms with Crippen LogP contribution in [-0.4, -0.2) is 29.6 Å². The Morgan fingerprint density at radius 3 is 1.49 bits per heavy atom. The first-order valence-corrected chi connectivity index (χ1v) is 11.3. The van der Waals surface area contributed by atoms with Crippen LogP contribution in [0.3, 0.4) is 0 Å². The van der Waals surface area contributed by atoms with Crippen LogP contribution >= 0.6 is 0 Å². The van der Waals surface area contributed by atoms with E-state index in [-0.39, 0.29) is 0 Å². The molecule has 0 aliphatic carbocycles. The van der Waals surface area contributed by atoms with Gasteiger partial charge in [-0.05, 0) is 20.8 Å². The summed E-state index contributed by atoms with van der Waals surface area (Å²) in [5.74, 6) is -1.60. The van der Waals surface area contributed by atoms with Gasteiger partial charge in [-0.25, -0.2) is 9.59 Å². The maximum Gasteiger partial charge on any atom is 0.408 e. The molecule has 7 nitrogen and oxygen atoms in total. The molecule has 0 radical (unpaired) electrons. The van der Waals surface area contributed by atoms with Gasteiger partial charge in [0.15, 0.2) is 5.60 Å². The highest BCUT2D eigenvalue weighted by molar-refractivity contribution is 5.88. The Bertz CT molecular complexity index is 1050. The molecule has 0 spiro atoms. The third-order valence-electron chi connectivity index (χ3n) is 5.18. The summed E-state index contributed by atoms with van der Waals surface area (Å²) in [6, 6.07) is 26.5. The topological polar surface area (TPSA) is 108 Å². The number of carbonyl (C=O) groups is 3. The lowest BCUT2D eigenvalue weighted by atomic mass is 9.80. The van der Waals surface area contributed by atoms with Crippen LogP contribution in [0.15, 0.2) is 91.0 Å². The van der Waals surface area contributed by atoms with Crippen molar-refractivity contribution < 1.29 is 23.9 Å². The summed E-state index contributed by atoms with van der Waals surface area (Å²) in [5.41, 5.74) is 5.32. The fourth-order valence-electron chi connectivity index (χ4n) is 3.76. The Hall–Kier alpha value is -4.13. The van der Waals surface area contributed by atoms with E-state index >= 15 is 0 Å². The molecule has 3 rings (SSSR count). The zero-order chi connectivity index (χ0) is 25.5. The molecule has 3 aromatic carbocycles. The number of primary amides is 1. The molecule has 0 aliphatic heterocycles. The minimum absolute atomic E-state index is 0.452. The van der Waals surface area contributed by atoms with E-state index in [9.17, 15) is 14.4 Å². The predicted octanol–water partition coefficient (Wildman–Crippen LogP) is 4.29. The Labute approximate surface area is 205 Å². The number of carbonyl (C=O) groups excluding carboxylic acids is 3. The summed E-state index contributed by atoms with van der Waals surface area (Å²) >= 11 is 0. The van der Waals surface area contributed by atoms with Crippen LogP contribution in [0, 0.1) is 0 Å². The number of nitrogens with two attached hydrogens (primary N) is 1. The van der Waals surface area contributed by atoms with Crippen LogP contribution in [0.1, 0.15) is 43.9 Å². The quantitative estimate of drug-likeness (QED) is 0.374. The van der Waals surface area contributed by atoms with Crippen LogP contribution in [0.2, 0.25) is 0 Å². The van der Waals surface area contributed by atoms with Crippen molar-refractivity contribution in [2.45, 2.75) is 44.4 Å². The van der Waals surface area contributed by atoms with Gasteiger partial charge < -0.3 is 20.5 Å². The number of hydrogen-bond acceptors (Lipinski definition) is 5. The second-order valence-corrected chi connectivity index (χ2v) is 9.07. The third kappa shape index (κ3) is 6.47. The number of hydrogen-bond donors (Lipinski definition) is 2. The zero-order valence-corrected chi connectivity index (χ0v) is 20.1. The van der Waals surface area contributed by atoms with Crippen LogP contribution in [0.5, 0.6) is 0 Å². The van der Waals surface area contributed by atoms with Gasteiger partial charge in [0.25, 0.3) is 0 Å². The summed E-state index contributed by atoms with van der Waals surface area (Å²) in [5, 5.41) is 2.45. The molecule has 3 N–H and O–H groups in total. The van der Waals surface area contributed by atoms with Crippen LogP contribution in [0.4, 0.5) is 4.79 Å². The van der Waals surface area contributed by atoms with Gasteiger partial charge in [0.2, 0.25) is 5.91 Å². The van der Waals surface area contributed by atoms with E-state index in [4.69, 9.17) is 15.2 Å². The maximum absolute atomic E-state index is 13.6. The van der Waals surface area contributed by atoms with Crippen molar-refractivity contribution >= 4 is 18.0 Å². The number of nitrogens with one attached hydrogen (secondary N) is 1. The van der Waals surface area contributed by atoms with Crippen molar-refractivity contribution in [1.29, 1.82) is 0 Å². The van der Waals surface area contributed by atoms with E-state index in [0.717, 1.165) is 0 Å². The summed E-state index contributed by atoms with van der Waals surface area (Å²) in [6.45, 7) is 5.08. The number of esters is 1. The number of benzene rings is 3. The maximum atomic E-state index is 13.6. The zero-order valence-electron chi connectivity index (χ0n) is 20.1. The highest BCUT2D eigenvalue weighted by Gasteiger charge is 2.42. The van der Waals surface area contributed by atoms with Crippen molar-refractivity contribution in [1.82, 2.24) is 5.32 Å². The number of rotatable bonds is 8. The fourth-order valence-corrected chi connectivity index (χ4v) is 3.76. The average Bonchev–Trinajstić information content (AvgIpc) is 2.82. The molecule has 0 unspecified atom stereocenters. The average molecular weight is 475 g/mol. The lowest BCUT2D eigenvalue weighted by molar-refractivity contribution is -0.157. The standard InChI is InChI=1S/C28H30N2O5/c1-27(2,3)35-26(33)30-23(19-24(29)31)25(32)34-28(20-13-7-4-8-14-20,21-15-9-5-10-16-21)22-17-11-6-12-18-22/h4-18,23H,19H2,1-3H3,(H2,29,31)(H,30,33)/t23-/m0/s1. The van der Waals surface area contributed by atoms with Crippen LogP contribution < -0.4 is 11.1 Å².